The Hall–Kier alpha value is -2.19. The van der Waals surface area contributed by atoms with Gasteiger partial charge in [-0.15, -0.1) is 0 Å². The highest BCUT2D eigenvalue weighted by atomic mass is 32.2. The van der Waals surface area contributed by atoms with E-state index in [1.807, 2.05) is 0 Å². The van der Waals surface area contributed by atoms with Crippen LogP contribution in [0.5, 0.6) is 0 Å². The molecule has 0 spiro atoms. The van der Waals surface area contributed by atoms with Gasteiger partial charge in [0.1, 0.15) is 0 Å². The highest BCUT2D eigenvalue weighted by molar-refractivity contribution is 7.89. The summed E-state index contributed by atoms with van der Waals surface area (Å²) in [5, 5.41) is 6.72. The molecule has 1 aromatic carbocycles. The molecule has 1 aliphatic heterocycles. The molecule has 0 radical (unpaired) electrons. The normalized spacial score (nSPS) is 16.2. The third kappa shape index (κ3) is 3.96. The first kappa shape index (κ1) is 18.6. The molecule has 0 bridgehead atoms. The number of sulfonamides is 1. The van der Waals surface area contributed by atoms with Gasteiger partial charge >= 0.3 is 0 Å². The molecule has 2 aromatic rings. The van der Waals surface area contributed by atoms with Crippen LogP contribution in [0.1, 0.15) is 41.6 Å². The van der Waals surface area contributed by atoms with Gasteiger partial charge in [-0.3, -0.25) is 9.48 Å². The van der Waals surface area contributed by atoms with Crippen molar-refractivity contribution >= 4 is 21.6 Å². The highest BCUT2D eigenvalue weighted by Gasteiger charge is 2.27. The Morgan fingerprint density at radius 1 is 1.15 bits per heavy atom. The minimum atomic E-state index is -3.57. The molecule has 0 atom stereocenters. The third-order valence-corrected chi connectivity index (χ3v) is 6.64. The van der Waals surface area contributed by atoms with Gasteiger partial charge in [0.25, 0.3) is 5.91 Å². The first-order valence-electron chi connectivity index (χ1n) is 8.79. The van der Waals surface area contributed by atoms with Gasteiger partial charge in [0.15, 0.2) is 0 Å². The van der Waals surface area contributed by atoms with Crippen LogP contribution in [-0.4, -0.2) is 41.5 Å². The van der Waals surface area contributed by atoms with Gasteiger partial charge in [0, 0.05) is 32.0 Å². The van der Waals surface area contributed by atoms with Crippen molar-refractivity contribution in [1.82, 2.24) is 14.1 Å². The van der Waals surface area contributed by atoms with Gasteiger partial charge in [0.05, 0.1) is 16.7 Å². The van der Waals surface area contributed by atoms with E-state index < -0.39 is 10.0 Å². The summed E-state index contributed by atoms with van der Waals surface area (Å²) in [6.07, 6.45) is 6.97. The Bertz CT molecular complexity index is 897. The fourth-order valence-corrected chi connectivity index (χ4v) is 4.89. The van der Waals surface area contributed by atoms with Crippen LogP contribution in [0.4, 0.5) is 5.69 Å². The molecule has 0 unspecified atom stereocenters. The smallest absolute Gasteiger partial charge is 0.258 e. The molecule has 1 saturated heterocycles. The molecule has 1 fully saturated rings. The summed E-state index contributed by atoms with van der Waals surface area (Å²) in [5.41, 5.74) is 1.55. The summed E-state index contributed by atoms with van der Waals surface area (Å²) in [5.74, 6) is -0.319. The first-order valence-corrected chi connectivity index (χ1v) is 10.2. The summed E-state index contributed by atoms with van der Waals surface area (Å²) in [4.78, 5) is 12.5. The fourth-order valence-electron chi connectivity index (χ4n) is 3.12. The van der Waals surface area contributed by atoms with Crippen molar-refractivity contribution in [3.05, 3.63) is 41.7 Å². The number of anilines is 1. The lowest BCUT2D eigenvalue weighted by atomic mass is 10.2. The zero-order valence-electron chi connectivity index (χ0n) is 15.1. The topological polar surface area (TPSA) is 84.3 Å². The summed E-state index contributed by atoms with van der Waals surface area (Å²) in [6.45, 7) is 2.87. The minimum absolute atomic E-state index is 0.253. The van der Waals surface area contributed by atoms with Crippen molar-refractivity contribution in [2.45, 2.75) is 37.5 Å². The second-order valence-corrected chi connectivity index (χ2v) is 8.56. The summed E-state index contributed by atoms with van der Waals surface area (Å²) < 4.78 is 29.2. The first-order chi connectivity index (χ1) is 12.4. The van der Waals surface area contributed by atoms with Crippen molar-refractivity contribution in [3.63, 3.8) is 0 Å². The fraction of sp³-hybridized carbons (Fsp3) is 0.444. The lowest BCUT2D eigenvalue weighted by Gasteiger charge is -2.21. The Labute approximate surface area is 154 Å². The predicted octanol–water partition coefficient (Wildman–Crippen LogP) is 2.55. The Balaban J connectivity index is 1.86. The van der Waals surface area contributed by atoms with Crippen LogP contribution >= 0.6 is 0 Å². The van der Waals surface area contributed by atoms with Crippen LogP contribution in [0.15, 0.2) is 35.5 Å². The summed E-state index contributed by atoms with van der Waals surface area (Å²) in [7, 11) is -1.84. The quantitative estimate of drug-likeness (QED) is 0.889. The molecule has 2 heterocycles. The molecule has 1 amide bonds. The van der Waals surface area contributed by atoms with Gasteiger partial charge in [-0.25, -0.2) is 8.42 Å². The largest absolute Gasteiger partial charge is 0.322 e. The van der Waals surface area contributed by atoms with Crippen LogP contribution in [-0.2, 0) is 17.1 Å². The van der Waals surface area contributed by atoms with E-state index in [0.717, 1.165) is 25.7 Å². The van der Waals surface area contributed by atoms with Crippen molar-refractivity contribution < 1.29 is 13.2 Å². The highest BCUT2D eigenvalue weighted by Crippen LogP contribution is 2.26. The van der Waals surface area contributed by atoms with Gasteiger partial charge < -0.3 is 5.32 Å². The van der Waals surface area contributed by atoms with Crippen LogP contribution < -0.4 is 5.32 Å². The summed E-state index contributed by atoms with van der Waals surface area (Å²) >= 11 is 0. The Morgan fingerprint density at radius 2 is 1.85 bits per heavy atom. The van der Waals surface area contributed by atoms with E-state index in [-0.39, 0.29) is 10.8 Å². The van der Waals surface area contributed by atoms with Gasteiger partial charge in [0.2, 0.25) is 10.0 Å². The maximum atomic E-state index is 13.1. The van der Waals surface area contributed by atoms with E-state index in [0.29, 0.717) is 29.9 Å². The average molecular weight is 376 g/mol. The van der Waals surface area contributed by atoms with Gasteiger partial charge in [-0.1, -0.05) is 18.9 Å². The number of carbonyl (C=O) groups is 1. The predicted molar refractivity (Wildman–Crippen MR) is 99.6 cm³/mol. The number of amides is 1. The minimum Gasteiger partial charge on any atom is -0.322 e. The molecule has 0 aliphatic carbocycles. The van der Waals surface area contributed by atoms with Gasteiger partial charge in [-0.2, -0.15) is 9.40 Å². The lowest BCUT2D eigenvalue weighted by Crippen LogP contribution is -2.32. The Kier molecular flexibility index (Phi) is 5.43. The van der Waals surface area contributed by atoms with E-state index in [2.05, 4.69) is 10.4 Å². The number of aromatic nitrogens is 2. The maximum absolute atomic E-state index is 13.1. The van der Waals surface area contributed by atoms with E-state index in [1.165, 1.54) is 6.20 Å². The zero-order chi connectivity index (χ0) is 18.7. The van der Waals surface area contributed by atoms with Gasteiger partial charge in [-0.05, 0) is 37.5 Å². The molecule has 26 heavy (non-hydrogen) atoms. The number of hydrogen-bond acceptors (Lipinski definition) is 4. The molecule has 1 aromatic heterocycles. The van der Waals surface area contributed by atoms with Crippen molar-refractivity contribution in [1.29, 1.82) is 0 Å². The third-order valence-electron chi connectivity index (χ3n) is 4.60. The number of carbonyl (C=O) groups excluding carboxylic acids is 1. The van der Waals surface area contributed by atoms with Crippen LogP contribution in [0, 0.1) is 6.92 Å². The number of benzene rings is 1. The number of hydrogen-bond donors (Lipinski definition) is 1. The maximum Gasteiger partial charge on any atom is 0.258 e. The van der Waals surface area contributed by atoms with Crippen LogP contribution in [0.2, 0.25) is 0 Å². The lowest BCUT2D eigenvalue weighted by molar-refractivity contribution is 0.102. The van der Waals surface area contributed by atoms with Crippen LogP contribution in [0.25, 0.3) is 0 Å². The molecule has 1 N–H and O–H groups in total. The number of nitrogens with one attached hydrogen (secondary N) is 1. The SMILES string of the molecule is Cc1ccc(NC(=O)c2cnn(C)c2)cc1S(=O)(=O)N1CCCCCC1. The second kappa shape index (κ2) is 7.59. The standard InChI is InChI=1S/C18H24N4O3S/c1-14-7-8-16(20-18(23)15-12-19-21(2)13-15)11-17(14)26(24,25)22-9-5-3-4-6-10-22/h7-8,11-13H,3-6,9-10H2,1-2H3,(H,20,23). The van der Waals surface area contributed by atoms with Crippen molar-refractivity contribution in [3.8, 4) is 0 Å². The molecule has 0 saturated carbocycles. The molecule has 1 aliphatic rings. The average Bonchev–Trinajstić information content (AvgIpc) is 2.86. The zero-order valence-corrected chi connectivity index (χ0v) is 15.9. The molecule has 8 heteroatoms. The molecule has 7 nitrogen and oxygen atoms in total. The van der Waals surface area contributed by atoms with E-state index in [1.54, 1.807) is 47.4 Å². The van der Waals surface area contributed by atoms with Crippen LogP contribution in [0.3, 0.4) is 0 Å². The second-order valence-electron chi connectivity index (χ2n) is 6.66. The molecule has 140 valence electrons. The van der Waals surface area contributed by atoms with Crippen molar-refractivity contribution in [2.75, 3.05) is 18.4 Å². The molecular weight excluding hydrogens is 352 g/mol. The number of nitrogens with zero attached hydrogens (tertiary/aromatic N) is 3. The van der Waals surface area contributed by atoms with Crippen molar-refractivity contribution in [2.24, 2.45) is 7.05 Å². The Morgan fingerprint density at radius 3 is 2.46 bits per heavy atom. The number of rotatable bonds is 4. The number of aryl methyl sites for hydroxylation is 2. The molecule has 3 rings (SSSR count). The van der Waals surface area contributed by atoms with E-state index >= 15 is 0 Å². The monoisotopic (exact) mass is 376 g/mol. The van der Waals surface area contributed by atoms with E-state index in [4.69, 9.17) is 0 Å². The molecular formula is C18H24N4O3S. The van der Waals surface area contributed by atoms with E-state index in [9.17, 15) is 13.2 Å². The summed E-state index contributed by atoms with van der Waals surface area (Å²) in [6, 6.07) is 4.98.